The van der Waals surface area contributed by atoms with Gasteiger partial charge in [-0.15, -0.1) is 11.3 Å². The van der Waals surface area contributed by atoms with Gasteiger partial charge in [0.15, 0.2) is 5.13 Å². The van der Waals surface area contributed by atoms with Crippen molar-refractivity contribution in [3.05, 3.63) is 81.4 Å². The number of nitrogens with one attached hydrogen (secondary N) is 2. The zero-order chi connectivity index (χ0) is 25.4. The van der Waals surface area contributed by atoms with Crippen molar-refractivity contribution in [2.75, 3.05) is 12.4 Å². The van der Waals surface area contributed by atoms with E-state index in [0.29, 0.717) is 37.9 Å². The number of thiazole rings is 1. The molecule has 0 bridgehead atoms. The van der Waals surface area contributed by atoms with Crippen LogP contribution in [-0.4, -0.2) is 28.1 Å². The number of hydrogen-bond acceptors (Lipinski definition) is 6. The molecule has 0 aliphatic rings. The van der Waals surface area contributed by atoms with Gasteiger partial charge in [0.25, 0.3) is 5.56 Å². The molecule has 0 atom stereocenters. The molecule has 1 amide bonds. The maximum absolute atomic E-state index is 12.8. The van der Waals surface area contributed by atoms with Crippen molar-refractivity contribution in [3.63, 3.8) is 0 Å². The van der Waals surface area contributed by atoms with Gasteiger partial charge in [0, 0.05) is 28.8 Å². The molecule has 3 N–H and O–H groups in total. The molecule has 0 unspecified atom stereocenters. The number of pyridine rings is 1. The van der Waals surface area contributed by atoms with Crippen LogP contribution in [0.15, 0.2) is 70.8 Å². The second-order valence-electron chi connectivity index (χ2n) is 8.08. The number of aromatic nitrogens is 2. The largest absolute Gasteiger partial charge is 0.506 e. The zero-order valence-corrected chi connectivity index (χ0v) is 20.8. The predicted molar refractivity (Wildman–Crippen MR) is 144 cm³/mol. The minimum absolute atomic E-state index is 0.135. The second-order valence-corrected chi connectivity index (χ2v) is 9.35. The normalized spacial score (nSPS) is 11.0. The van der Waals surface area contributed by atoms with Gasteiger partial charge >= 0.3 is 0 Å². The highest BCUT2D eigenvalue weighted by atomic mass is 35.5. The molecule has 180 valence electrons. The summed E-state index contributed by atoms with van der Waals surface area (Å²) in [5.74, 6) is 0.272. The van der Waals surface area contributed by atoms with E-state index in [9.17, 15) is 14.7 Å². The van der Waals surface area contributed by atoms with Crippen LogP contribution < -0.4 is 15.6 Å². The third-order valence-electron chi connectivity index (χ3n) is 5.71. The molecule has 2 aromatic heterocycles. The number of halogens is 1. The van der Waals surface area contributed by atoms with Gasteiger partial charge in [0.1, 0.15) is 11.5 Å². The van der Waals surface area contributed by atoms with Crippen LogP contribution in [-0.2, 0) is 4.79 Å². The number of rotatable bonds is 5. The van der Waals surface area contributed by atoms with Crippen molar-refractivity contribution in [1.82, 2.24) is 9.97 Å². The quantitative estimate of drug-likeness (QED) is 0.253. The van der Waals surface area contributed by atoms with Crippen LogP contribution in [0.4, 0.5) is 5.13 Å². The topological polar surface area (TPSA) is 104 Å². The number of aromatic hydroxyl groups is 1. The minimum Gasteiger partial charge on any atom is -0.506 e. The summed E-state index contributed by atoms with van der Waals surface area (Å²) in [6.45, 7) is 1.44. The van der Waals surface area contributed by atoms with Gasteiger partial charge in [0.2, 0.25) is 5.91 Å². The second kappa shape index (κ2) is 9.49. The fourth-order valence-electron chi connectivity index (χ4n) is 4.00. The lowest BCUT2D eigenvalue weighted by atomic mass is 9.98. The summed E-state index contributed by atoms with van der Waals surface area (Å²) in [5.41, 5.74) is 3.87. The average Bonchev–Trinajstić information content (AvgIpc) is 3.32. The number of ether oxygens (including phenoxy) is 1. The van der Waals surface area contributed by atoms with E-state index >= 15 is 0 Å². The van der Waals surface area contributed by atoms with Crippen LogP contribution >= 0.6 is 22.9 Å². The van der Waals surface area contributed by atoms with Crippen LogP contribution in [0.1, 0.15) is 6.92 Å². The van der Waals surface area contributed by atoms with Crippen molar-refractivity contribution < 1.29 is 14.6 Å². The van der Waals surface area contributed by atoms with E-state index in [1.807, 2.05) is 29.6 Å². The molecular formula is C27H20ClN3O4S. The van der Waals surface area contributed by atoms with Gasteiger partial charge in [-0.2, -0.15) is 0 Å². The number of benzene rings is 3. The zero-order valence-electron chi connectivity index (χ0n) is 19.3. The maximum Gasteiger partial charge on any atom is 0.260 e. The minimum atomic E-state index is -0.427. The summed E-state index contributed by atoms with van der Waals surface area (Å²) < 4.78 is 5.26. The molecule has 9 heteroatoms. The first kappa shape index (κ1) is 23.6. The Morgan fingerprint density at radius 3 is 2.56 bits per heavy atom. The van der Waals surface area contributed by atoms with Crippen molar-refractivity contribution in [3.8, 4) is 45.0 Å². The van der Waals surface area contributed by atoms with Crippen LogP contribution in [0.3, 0.4) is 0 Å². The monoisotopic (exact) mass is 517 g/mol. The Balaban J connectivity index is 1.56. The molecule has 0 saturated heterocycles. The summed E-state index contributed by atoms with van der Waals surface area (Å²) in [5, 5.41) is 17.1. The Bertz CT molecular complexity index is 1680. The van der Waals surface area contributed by atoms with Gasteiger partial charge in [-0.25, -0.2) is 4.98 Å². The third kappa shape index (κ3) is 4.44. The lowest BCUT2D eigenvalue weighted by Crippen LogP contribution is -2.09. The van der Waals surface area contributed by atoms with Gasteiger partial charge < -0.3 is 20.1 Å². The fraction of sp³-hybridized carbons (Fsp3) is 0.0741. The molecule has 36 heavy (non-hydrogen) atoms. The molecule has 5 aromatic rings. The predicted octanol–water partition coefficient (Wildman–Crippen LogP) is 6.31. The van der Waals surface area contributed by atoms with E-state index in [4.69, 9.17) is 16.3 Å². The van der Waals surface area contributed by atoms with Crippen molar-refractivity contribution in [2.24, 2.45) is 0 Å². The highest BCUT2D eigenvalue weighted by Crippen LogP contribution is 2.39. The number of anilines is 1. The van der Waals surface area contributed by atoms with E-state index in [2.05, 4.69) is 15.3 Å². The summed E-state index contributed by atoms with van der Waals surface area (Å²) in [7, 11) is 1.54. The molecule has 0 spiro atoms. The molecule has 5 rings (SSSR count). The number of carbonyl (C=O) groups excluding carboxylic acids is 1. The van der Waals surface area contributed by atoms with Gasteiger partial charge in [-0.1, -0.05) is 48.0 Å². The Morgan fingerprint density at radius 1 is 1.08 bits per heavy atom. The van der Waals surface area contributed by atoms with Gasteiger partial charge in [-0.05, 0) is 35.4 Å². The molecule has 7 nitrogen and oxygen atoms in total. The molecule has 0 aliphatic heterocycles. The number of methoxy groups -OCH3 is 1. The number of amides is 1. The summed E-state index contributed by atoms with van der Waals surface area (Å²) in [4.78, 5) is 31.3. The van der Waals surface area contributed by atoms with E-state index in [0.717, 1.165) is 16.8 Å². The van der Waals surface area contributed by atoms with E-state index in [1.165, 1.54) is 18.3 Å². The Kier molecular flexibility index (Phi) is 6.22. The summed E-state index contributed by atoms with van der Waals surface area (Å²) >= 11 is 7.93. The van der Waals surface area contributed by atoms with Crippen LogP contribution in [0, 0.1) is 0 Å². The number of H-pyrrole nitrogens is 1. The van der Waals surface area contributed by atoms with E-state index < -0.39 is 5.56 Å². The standard InChI is InChI=1S/C27H20ClN3O4S/c1-14(32)29-27-31-23(13-36-27)16-8-6-15(7-9-16)19-11-20-22(12-21(19)28)30-26(34)24(25(20)33)17-4-3-5-18(10-17)35-2/h3-13H,1-2H3,(H,29,31,32)(H2,30,33,34). The lowest BCUT2D eigenvalue weighted by Gasteiger charge is -2.12. The Morgan fingerprint density at radius 2 is 1.83 bits per heavy atom. The highest BCUT2D eigenvalue weighted by Gasteiger charge is 2.17. The number of carbonyl (C=O) groups is 1. The van der Waals surface area contributed by atoms with Crippen LogP contribution in [0.2, 0.25) is 5.02 Å². The first-order valence-corrected chi connectivity index (χ1v) is 12.2. The smallest absolute Gasteiger partial charge is 0.260 e. The molecule has 0 radical (unpaired) electrons. The molecule has 2 heterocycles. The number of fused-ring (bicyclic) bond motifs is 1. The fourth-order valence-corrected chi connectivity index (χ4v) is 5.04. The lowest BCUT2D eigenvalue weighted by molar-refractivity contribution is -0.114. The third-order valence-corrected chi connectivity index (χ3v) is 6.78. The van der Waals surface area contributed by atoms with Crippen molar-refractivity contribution in [1.29, 1.82) is 0 Å². The van der Waals surface area contributed by atoms with Crippen LogP contribution in [0.5, 0.6) is 11.5 Å². The summed E-state index contributed by atoms with van der Waals surface area (Å²) in [6, 6.07) is 18.0. The number of nitrogens with zero attached hydrogens (tertiary/aromatic N) is 1. The van der Waals surface area contributed by atoms with Crippen molar-refractivity contribution in [2.45, 2.75) is 6.92 Å². The average molecular weight is 518 g/mol. The first-order chi connectivity index (χ1) is 17.3. The first-order valence-electron chi connectivity index (χ1n) is 10.9. The SMILES string of the molecule is COc1cccc(-c2c(O)c3cc(-c4ccc(-c5csc(NC(C)=O)n5)cc4)c(Cl)cc3[nH]c2=O)c1. The molecule has 0 fully saturated rings. The number of aromatic amines is 1. The van der Waals surface area contributed by atoms with E-state index in [-0.39, 0.29) is 17.2 Å². The van der Waals surface area contributed by atoms with Crippen LogP contribution in [0.25, 0.3) is 44.4 Å². The van der Waals surface area contributed by atoms with Gasteiger partial charge in [0.05, 0.1) is 28.9 Å². The molecule has 0 aliphatic carbocycles. The highest BCUT2D eigenvalue weighted by molar-refractivity contribution is 7.14. The van der Waals surface area contributed by atoms with Crippen molar-refractivity contribution >= 4 is 44.9 Å². The maximum atomic E-state index is 12.8. The Hall–Kier alpha value is -4.14. The Labute approximate surface area is 215 Å². The molecule has 0 saturated carbocycles. The number of hydrogen-bond donors (Lipinski definition) is 3. The van der Waals surface area contributed by atoms with E-state index in [1.54, 1.807) is 43.5 Å². The molecular weight excluding hydrogens is 498 g/mol. The summed E-state index contributed by atoms with van der Waals surface area (Å²) in [6.07, 6.45) is 0. The molecule has 3 aromatic carbocycles. The van der Waals surface area contributed by atoms with Gasteiger partial charge in [-0.3, -0.25) is 9.59 Å².